The maximum atomic E-state index is 12.6. The number of nitrogens with one attached hydrogen (secondary N) is 2. The lowest BCUT2D eigenvalue weighted by Crippen LogP contribution is -2.51. The lowest BCUT2D eigenvalue weighted by atomic mass is 9.73. The molecule has 0 aromatic carbocycles. The van der Waals surface area contributed by atoms with Crippen LogP contribution in [0.2, 0.25) is 0 Å². The number of morpholine rings is 1. The molecule has 1 amide bonds. The summed E-state index contributed by atoms with van der Waals surface area (Å²) in [6.07, 6.45) is 8.44. The second-order valence-electron chi connectivity index (χ2n) is 8.24. The second kappa shape index (κ2) is 8.63. The third-order valence-corrected chi connectivity index (χ3v) is 6.21. The van der Waals surface area contributed by atoms with E-state index in [0.29, 0.717) is 6.04 Å². The van der Waals surface area contributed by atoms with Gasteiger partial charge in [0.25, 0.3) is 0 Å². The Labute approximate surface area is 146 Å². The van der Waals surface area contributed by atoms with Crippen molar-refractivity contribution in [3.05, 3.63) is 0 Å². The molecule has 2 heterocycles. The Hall–Kier alpha value is -0.650. The highest BCUT2D eigenvalue weighted by atomic mass is 16.5. The number of amides is 1. The number of hydrogen-bond acceptors (Lipinski definition) is 4. The summed E-state index contributed by atoms with van der Waals surface area (Å²) < 4.78 is 5.49. The van der Waals surface area contributed by atoms with Crippen molar-refractivity contribution in [1.29, 1.82) is 0 Å². The highest BCUT2D eigenvalue weighted by Gasteiger charge is 2.35. The smallest absolute Gasteiger partial charge is 0.223 e. The molecule has 0 radical (unpaired) electrons. The predicted molar refractivity (Wildman–Crippen MR) is 96.0 cm³/mol. The van der Waals surface area contributed by atoms with Crippen molar-refractivity contribution in [2.45, 2.75) is 57.9 Å². The molecule has 2 atom stereocenters. The fourth-order valence-electron chi connectivity index (χ4n) is 4.72. The SMILES string of the molecule is C[C@H]1C[C@@H](C(=O)NCC2(CN3CCOCC3)CCCCC2)CCN1. The summed E-state index contributed by atoms with van der Waals surface area (Å²) in [4.78, 5) is 15.2. The zero-order chi connectivity index (χ0) is 16.8. The molecule has 0 aromatic rings. The molecule has 3 rings (SSSR count). The summed E-state index contributed by atoms with van der Waals surface area (Å²) in [5.41, 5.74) is 0.282. The predicted octanol–water partition coefficient (Wildman–Crippen LogP) is 1.77. The van der Waals surface area contributed by atoms with Crippen LogP contribution in [-0.2, 0) is 9.53 Å². The van der Waals surface area contributed by atoms with Crippen LogP contribution in [0.1, 0.15) is 51.9 Å². The summed E-state index contributed by atoms with van der Waals surface area (Å²) in [6, 6.07) is 0.464. The molecule has 3 aliphatic rings. The standard InChI is InChI=1S/C19H35N3O2/c1-16-13-17(5-8-20-16)18(23)21-14-19(6-3-2-4-7-19)15-22-9-11-24-12-10-22/h16-17,20H,2-15H2,1H3,(H,21,23)/t16-,17-/m0/s1. The maximum absolute atomic E-state index is 12.6. The van der Waals surface area contributed by atoms with E-state index in [9.17, 15) is 4.79 Å². The molecule has 2 N–H and O–H groups in total. The fourth-order valence-corrected chi connectivity index (χ4v) is 4.72. The van der Waals surface area contributed by atoms with E-state index in [4.69, 9.17) is 4.74 Å². The van der Waals surface area contributed by atoms with E-state index < -0.39 is 0 Å². The van der Waals surface area contributed by atoms with Gasteiger partial charge in [-0.2, -0.15) is 0 Å². The third-order valence-electron chi connectivity index (χ3n) is 6.21. The normalized spacial score (nSPS) is 31.5. The van der Waals surface area contributed by atoms with E-state index in [1.165, 1.54) is 32.1 Å². The number of hydrogen-bond donors (Lipinski definition) is 2. The van der Waals surface area contributed by atoms with Crippen LogP contribution in [0.4, 0.5) is 0 Å². The van der Waals surface area contributed by atoms with Gasteiger partial charge < -0.3 is 15.4 Å². The topological polar surface area (TPSA) is 53.6 Å². The van der Waals surface area contributed by atoms with Gasteiger partial charge in [0.1, 0.15) is 0 Å². The average molecular weight is 338 g/mol. The second-order valence-corrected chi connectivity index (χ2v) is 8.24. The van der Waals surface area contributed by atoms with Crippen molar-refractivity contribution in [2.75, 3.05) is 45.9 Å². The maximum Gasteiger partial charge on any atom is 0.223 e. The van der Waals surface area contributed by atoms with E-state index >= 15 is 0 Å². The van der Waals surface area contributed by atoms with Crippen molar-refractivity contribution >= 4 is 5.91 Å². The Morgan fingerprint density at radius 3 is 2.71 bits per heavy atom. The Balaban J connectivity index is 1.54. The third kappa shape index (κ3) is 4.93. The molecule has 2 aliphatic heterocycles. The van der Waals surface area contributed by atoms with Crippen molar-refractivity contribution < 1.29 is 9.53 Å². The molecule has 1 aliphatic carbocycles. The van der Waals surface area contributed by atoms with Crippen LogP contribution >= 0.6 is 0 Å². The largest absolute Gasteiger partial charge is 0.379 e. The molecule has 0 unspecified atom stereocenters. The van der Waals surface area contributed by atoms with Crippen LogP contribution in [0, 0.1) is 11.3 Å². The van der Waals surface area contributed by atoms with Gasteiger partial charge in [0.2, 0.25) is 5.91 Å². The molecular weight excluding hydrogens is 302 g/mol. The number of rotatable bonds is 5. The number of piperidine rings is 1. The van der Waals surface area contributed by atoms with Gasteiger partial charge in [-0.15, -0.1) is 0 Å². The molecule has 1 saturated carbocycles. The van der Waals surface area contributed by atoms with Gasteiger partial charge in [-0.3, -0.25) is 9.69 Å². The summed E-state index contributed by atoms with van der Waals surface area (Å²) in [6.45, 7) is 8.94. The molecule has 5 heteroatoms. The summed E-state index contributed by atoms with van der Waals surface area (Å²) in [5, 5.41) is 6.78. The van der Waals surface area contributed by atoms with E-state index in [2.05, 4.69) is 22.5 Å². The molecule has 24 heavy (non-hydrogen) atoms. The Morgan fingerprint density at radius 2 is 2.00 bits per heavy atom. The zero-order valence-electron chi connectivity index (χ0n) is 15.3. The van der Waals surface area contributed by atoms with Crippen LogP contribution in [0.15, 0.2) is 0 Å². The van der Waals surface area contributed by atoms with Gasteiger partial charge in [-0.05, 0) is 39.2 Å². The van der Waals surface area contributed by atoms with Gasteiger partial charge >= 0.3 is 0 Å². The van der Waals surface area contributed by atoms with Crippen molar-refractivity contribution in [2.24, 2.45) is 11.3 Å². The van der Waals surface area contributed by atoms with Crippen molar-refractivity contribution in [3.8, 4) is 0 Å². The first-order valence-electron chi connectivity index (χ1n) is 9.98. The van der Waals surface area contributed by atoms with Crippen LogP contribution in [0.25, 0.3) is 0 Å². The summed E-state index contributed by atoms with van der Waals surface area (Å²) in [7, 11) is 0. The van der Waals surface area contributed by atoms with E-state index in [1.807, 2.05) is 0 Å². The minimum Gasteiger partial charge on any atom is -0.379 e. The molecule has 2 saturated heterocycles. The number of ether oxygens (including phenoxy) is 1. The molecule has 0 aromatic heterocycles. The minimum absolute atomic E-state index is 0.199. The lowest BCUT2D eigenvalue weighted by Gasteiger charge is -2.42. The first-order valence-corrected chi connectivity index (χ1v) is 9.98. The monoisotopic (exact) mass is 337 g/mol. The van der Waals surface area contributed by atoms with Gasteiger partial charge in [0.05, 0.1) is 13.2 Å². The van der Waals surface area contributed by atoms with Crippen LogP contribution in [-0.4, -0.2) is 62.8 Å². The molecule has 5 nitrogen and oxygen atoms in total. The van der Waals surface area contributed by atoms with E-state index in [-0.39, 0.29) is 17.2 Å². The number of carbonyl (C=O) groups is 1. The highest BCUT2D eigenvalue weighted by Crippen LogP contribution is 2.37. The van der Waals surface area contributed by atoms with Crippen molar-refractivity contribution in [1.82, 2.24) is 15.5 Å². The quantitative estimate of drug-likeness (QED) is 0.803. The van der Waals surface area contributed by atoms with Crippen LogP contribution < -0.4 is 10.6 Å². The number of nitrogens with zero attached hydrogens (tertiary/aromatic N) is 1. The van der Waals surface area contributed by atoms with E-state index in [1.54, 1.807) is 0 Å². The average Bonchev–Trinajstić information content (AvgIpc) is 2.61. The minimum atomic E-state index is 0.199. The highest BCUT2D eigenvalue weighted by molar-refractivity contribution is 5.78. The van der Waals surface area contributed by atoms with Crippen molar-refractivity contribution in [3.63, 3.8) is 0 Å². The molecule has 138 valence electrons. The van der Waals surface area contributed by atoms with Gasteiger partial charge in [0, 0.05) is 43.6 Å². The fraction of sp³-hybridized carbons (Fsp3) is 0.947. The first kappa shape index (κ1) is 18.2. The van der Waals surface area contributed by atoms with E-state index in [0.717, 1.165) is 58.8 Å². The molecule has 3 fully saturated rings. The molecule has 0 spiro atoms. The van der Waals surface area contributed by atoms with Gasteiger partial charge in [-0.25, -0.2) is 0 Å². The zero-order valence-corrected chi connectivity index (χ0v) is 15.3. The van der Waals surface area contributed by atoms with Gasteiger partial charge in [0.15, 0.2) is 0 Å². The number of carbonyl (C=O) groups excluding carboxylic acids is 1. The Morgan fingerprint density at radius 1 is 1.25 bits per heavy atom. The Bertz CT molecular complexity index is 403. The molecular formula is C19H35N3O2. The lowest BCUT2D eigenvalue weighted by molar-refractivity contribution is -0.126. The van der Waals surface area contributed by atoms with Crippen LogP contribution in [0.5, 0.6) is 0 Å². The Kier molecular flexibility index (Phi) is 6.53. The summed E-state index contributed by atoms with van der Waals surface area (Å²) >= 11 is 0. The van der Waals surface area contributed by atoms with Crippen LogP contribution in [0.3, 0.4) is 0 Å². The summed E-state index contributed by atoms with van der Waals surface area (Å²) in [5.74, 6) is 0.487. The molecule has 0 bridgehead atoms. The van der Waals surface area contributed by atoms with Gasteiger partial charge in [-0.1, -0.05) is 19.3 Å². The first-order chi connectivity index (χ1) is 11.7.